The summed E-state index contributed by atoms with van der Waals surface area (Å²) < 4.78 is 27.7. The maximum absolute atomic E-state index is 12.5. The van der Waals surface area contributed by atoms with E-state index in [1.807, 2.05) is 13.0 Å². The molecule has 0 aliphatic carbocycles. The molecule has 0 heterocycles. The van der Waals surface area contributed by atoms with Crippen LogP contribution in [0.15, 0.2) is 59.5 Å². The molecule has 0 spiro atoms. The van der Waals surface area contributed by atoms with Gasteiger partial charge in [0.2, 0.25) is 10.0 Å². The molecule has 0 bridgehead atoms. The quantitative estimate of drug-likeness (QED) is 0.779. The molecule has 0 aliphatic heterocycles. The zero-order valence-electron chi connectivity index (χ0n) is 12.7. The van der Waals surface area contributed by atoms with Gasteiger partial charge in [-0.15, -0.1) is 11.6 Å². The Kier molecular flexibility index (Phi) is 5.93. The van der Waals surface area contributed by atoms with Crippen LogP contribution in [0.3, 0.4) is 0 Å². The highest BCUT2D eigenvalue weighted by atomic mass is 35.5. The standard InChI is InChI=1S/C17H18ClNO3S/c1-13-7-9-16(10-8-13)23(21,22)19-17(11-15(20)12-18)14-5-3-2-4-6-14/h2-10,17,19H,11-12H2,1H3/t17-/m0/s1. The van der Waals surface area contributed by atoms with Crippen LogP contribution in [0.5, 0.6) is 0 Å². The van der Waals surface area contributed by atoms with Crippen LogP contribution in [0.2, 0.25) is 0 Å². The fourth-order valence-corrected chi connectivity index (χ4v) is 3.50. The van der Waals surface area contributed by atoms with Crippen LogP contribution in [0, 0.1) is 6.92 Å². The summed E-state index contributed by atoms with van der Waals surface area (Å²) in [5.41, 5.74) is 1.70. The number of benzene rings is 2. The highest BCUT2D eigenvalue weighted by Gasteiger charge is 2.23. The number of rotatable bonds is 7. The second kappa shape index (κ2) is 7.73. The largest absolute Gasteiger partial charge is 0.298 e. The number of alkyl halides is 1. The molecule has 6 heteroatoms. The molecule has 0 saturated heterocycles. The first kappa shape index (κ1) is 17.7. The van der Waals surface area contributed by atoms with Gasteiger partial charge in [0.1, 0.15) is 5.78 Å². The molecule has 0 amide bonds. The van der Waals surface area contributed by atoms with Crippen molar-refractivity contribution >= 4 is 27.4 Å². The van der Waals surface area contributed by atoms with Crippen LogP contribution in [0.25, 0.3) is 0 Å². The minimum Gasteiger partial charge on any atom is -0.298 e. The molecule has 0 radical (unpaired) electrons. The van der Waals surface area contributed by atoms with E-state index in [4.69, 9.17) is 11.6 Å². The van der Waals surface area contributed by atoms with Gasteiger partial charge in [-0.05, 0) is 24.6 Å². The summed E-state index contributed by atoms with van der Waals surface area (Å²) >= 11 is 5.56. The zero-order valence-corrected chi connectivity index (χ0v) is 14.3. The van der Waals surface area contributed by atoms with E-state index < -0.39 is 16.1 Å². The van der Waals surface area contributed by atoms with Gasteiger partial charge in [-0.1, -0.05) is 48.0 Å². The first-order valence-corrected chi connectivity index (χ1v) is 9.16. The van der Waals surface area contributed by atoms with Crippen LogP contribution in [0.1, 0.15) is 23.6 Å². The molecule has 0 fully saturated rings. The highest BCUT2D eigenvalue weighted by Crippen LogP contribution is 2.21. The van der Waals surface area contributed by atoms with Gasteiger partial charge in [0.25, 0.3) is 0 Å². The van der Waals surface area contributed by atoms with Crippen molar-refractivity contribution in [1.29, 1.82) is 0 Å². The van der Waals surface area contributed by atoms with Crippen molar-refractivity contribution in [3.8, 4) is 0 Å². The smallest absolute Gasteiger partial charge is 0.241 e. The van der Waals surface area contributed by atoms with Gasteiger partial charge in [0.15, 0.2) is 0 Å². The number of carbonyl (C=O) groups excluding carboxylic acids is 1. The lowest BCUT2D eigenvalue weighted by molar-refractivity contribution is -0.117. The van der Waals surface area contributed by atoms with Crippen molar-refractivity contribution in [1.82, 2.24) is 4.72 Å². The van der Waals surface area contributed by atoms with Crippen LogP contribution in [-0.4, -0.2) is 20.1 Å². The second-order valence-electron chi connectivity index (χ2n) is 5.27. The minimum atomic E-state index is -3.72. The number of nitrogens with one attached hydrogen (secondary N) is 1. The molecule has 1 N–H and O–H groups in total. The van der Waals surface area contributed by atoms with E-state index in [9.17, 15) is 13.2 Å². The predicted molar refractivity (Wildman–Crippen MR) is 91.0 cm³/mol. The average Bonchev–Trinajstić information content (AvgIpc) is 2.55. The molecular weight excluding hydrogens is 334 g/mol. The van der Waals surface area contributed by atoms with Gasteiger partial charge in [-0.3, -0.25) is 4.79 Å². The summed E-state index contributed by atoms with van der Waals surface area (Å²) in [5, 5.41) is 0. The van der Waals surface area contributed by atoms with E-state index in [0.29, 0.717) is 0 Å². The van der Waals surface area contributed by atoms with Crippen molar-refractivity contribution in [2.24, 2.45) is 0 Å². The number of hydrogen-bond donors (Lipinski definition) is 1. The van der Waals surface area contributed by atoms with Crippen LogP contribution in [0.4, 0.5) is 0 Å². The fourth-order valence-electron chi connectivity index (χ4n) is 2.17. The molecule has 0 aliphatic rings. The molecule has 2 aromatic carbocycles. The van der Waals surface area contributed by atoms with E-state index in [-0.39, 0.29) is 23.0 Å². The van der Waals surface area contributed by atoms with Gasteiger partial charge in [0.05, 0.1) is 16.8 Å². The second-order valence-corrected chi connectivity index (χ2v) is 7.26. The van der Waals surface area contributed by atoms with Gasteiger partial charge in [-0.25, -0.2) is 13.1 Å². The predicted octanol–water partition coefficient (Wildman–Crippen LogP) is 3.21. The fraction of sp³-hybridized carbons (Fsp3) is 0.235. The number of carbonyl (C=O) groups is 1. The minimum absolute atomic E-state index is 0.0125. The Morgan fingerprint density at radius 3 is 2.26 bits per heavy atom. The molecule has 4 nitrogen and oxygen atoms in total. The van der Waals surface area contributed by atoms with Crippen LogP contribution < -0.4 is 4.72 Å². The Morgan fingerprint density at radius 1 is 1.09 bits per heavy atom. The maximum Gasteiger partial charge on any atom is 0.241 e. The Morgan fingerprint density at radius 2 is 1.70 bits per heavy atom. The molecule has 23 heavy (non-hydrogen) atoms. The van der Waals surface area contributed by atoms with Crippen molar-refractivity contribution in [2.75, 3.05) is 5.88 Å². The monoisotopic (exact) mass is 351 g/mol. The number of Topliss-reactive ketones (excluding diaryl/α,β-unsaturated/α-hetero) is 1. The third kappa shape index (κ3) is 4.89. The van der Waals surface area contributed by atoms with Crippen molar-refractivity contribution in [2.45, 2.75) is 24.3 Å². The lowest BCUT2D eigenvalue weighted by Gasteiger charge is -2.18. The van der Waals surface area contributed by atoms with Gasteiger partial charge < -0.3 is 0 Å². The highest BCUT2D eigenvalue weighted by molar-refractivity contribution is 7.89. The summed E-state index contributed by atoms with van der Waals surface area (Å²) in [4.78, 5) is 11.9. The SMILES string of the molecule is Cc1ccc(S(=O)(=O)N[C@@H](CC(=O)CCl)c2ccccc2)cc1. The number of hydrogen-bond acceptors (Lipinski definition) is 3. The Bertz CT molecular complexity index is 758. The zero-order chi connectivity index (χ0) is 16.9. The Labute approximate surface area is 141 Å². The van der Waals surface area contributed by atoms with Crippen LogP contribution >= 0.6 is 11.6 Å². The summed E-state index contributed by atoms with van der Waals surface area (Å²) in [6.45, 7) is 1.88. The van der Waals surface area contributed by atoms with Gasteiger partial charge >= 0.3 is 0 Å². The lowest BCUT2D eigenvalue weighted by Crippen LogP contribution is -2.30. The van der Waals surface area contributed by atoms with Crippen LogP contribution in [-0.2, 0) is 14.8 Å². The number of sulfonamides is 1. The average molecular weight is 352 g/mol. The molecule has 122 valence electrons. The van der Waals surface area contributed by atoms with Crippen molar-refractivity contribution in [3.05, 3.63) is 65.7 Å². The van der Waals surface area contributed by atoms with E-state index in [2.05, 4.69) is 4.72 Å². The topological polar surface area (TPSA) is 63.2 Å². The molecule has 2 aromatic rings. The molecule has 0 saturated carbocycles. The summed E-state index contributed by atoms with van der Waals surface area (Å²) in [7, 11) is -3.72. The Hall–Kier alpha value is -1.69. The van der Waals surface area contributed by atoms with Crippen molar-refractivity contribution in [3.63, 3.8) is 0 Å². The van der Waals surface area contributed by atoms with Gasteiger partial charge in [0, 0.05) is 6.42 Å². The third-order valence-electron chi connectivity index (χ3n) is 3.41. The molecule has 1 atom stereocenters. The Balaban J connectivity index is 2.29. The van der Waals surface area contributed by atoms with E-state index in [1.54, 1.807) is 48.5 Å². The third-order valence-corrected chi connectivity index (χ3v) is 5.20. The first-order chi connectivity index (χ1) is 10.9. The number of aryl methyl sites for hydroxylation is 1. The molecule has 0 aromatic heterocycles. The van der Waals surface area contributed by atoms with E-state index in [0.717, 1.165) is 11.1 Å². The molecule has 2 rings (SSSR count). The summed E-state index contributed by atoms with van der Waals surface area (Å²) in [6, 6.07) is 14.9. The summed E-state index contributed by atoms with van der Waals surface area (Å²) in [5.74, 6) is -0.359. The molecular formula is C17H18ClNO3S. The maximum atomic E-state index is 12.5. The normalized spacial score (nSPS) is 12.8. The first-order valence-electron chi connectivity index (χ1n) is 7.14. The van der Waals surface area contributed by atoms with Crippen molar-refractivity contribution < 1.29 is 13.2 Å². The van der Waals surface area contributed by atoms with E-state index in [1.165, 1.54) is 0 Å². The van der Waals surface area contributed by atoms with E-state index >= 15 is 0 Å². The number of ketones is 1. The lowest BCUT2D eigenvalue weighted by atomic mass is 10.0. The summed E-state index contributed by atoms with van der Waals surface area (Å²) in [6.07, 6.45) is 0.0125. The molecule has 0 unspecified atom stereocenters. The number of halogens is 1. The van der Waals surface area contributed by atoms with Gasteiger partial charge in [-0.2, -0.15) is 0 Å².